The van der Waals surface area contributed by atoms with Gasteiger partial charge in [-0.1, -0.05) is 0 Å². The van der Waals surface area contributed by atoms with E-state index in [2.05, 4.69) is 5.32 Å². The quantitative estimate of drug-likeness (QED) is 0.815. The smallest absolute Gasteiger partial charge is 0.221 e. The van der Waals surface area contributed by atoms with Gasteiger partial charge in [-0.2, -0.15) is 0 Å². The van der Waals surface area contributed by atoms with Gasteiger partial charge in [-0.05, 0) is 25.0 Å². The fourth-order valence-corrected chi connectivity index (χ4v) is 1.39. The lowest BCUT2D eigenvalue weighted by atomic mass is 10.1. The van der Waals surface area contributed by atoms with Crippen LogP contribution in [-0.2, 0) is 4.79 Å². The molecule has 0 fully saturated rings. The molecule has 0 saturated carbocycles. The maximum Gasteiger partial charge on any atom is 0.221 e. The minimum atomic E-state index is -0.481. The van der Waals surface area contributed by atoms with Gasteiger partial charge >= 0.3 is 0 Å². The van der Waals surface area contributed by atoms with Crippen molar-refractivity contribution < 1.29 is 13.9 Å². The van der Waals surface area contributed by atoms with Crippen LogP contribution in [0.5, 0.6) is 5.75 Å². The molecule has 0 aliphatic rings. The van der Waals surface area contributed by atoms with Crippen molar-refractivity contribution in [3.8, 4) is 5.75 Å². The van der Waals surface area contributed by atoms with Gasteiger partial charge in [0.25, 0.3) is 0 Å². The average molecular weight is 211 g/mol. The number of methoxy groups -OCH3 is 1. The van der Waals surface area contributed by atoms with Gasteiger partial charge in [0, 0.05) is 13.0 Å². The maximum atomic E-state index is 13.5. The molecule has 0 saturated heterocycles. The summed E-state index contributed by atoms with van der Waals surface area (Å²) < 4.78 is 18.6. The second kappa shape index (κ2) is 4.29. The molecule has 3 nitrogen and oxygen atoms in total. The third-order valence-corrected chi connectivity index (χ3v) is 2.32. The molecular formula is C11H14FNO2. The molecule has 1 rings (SSSR count). The Labute approximate surface area is 88.2 Å². The van der Waals surface area contributed by atoms with Gasteiger partial charge in [0.05, 0.1) is 12.8 Å². The molecule has 0 aromatic heterocycles. The van der Waals surface area contributed by atoms with Crippen molar-refractivity contribution in [2.45, 2.75) is 20.8 Å². The molecule has 0 heterocycles. The van der Waals surface area contributed by atoms with E-state index >= 15 is 0 Å². The van der Waals surface area contributed by atoms with E-state index in [1.54, 1.807) is 6.92 Å². The van der Waals surface area contributed by atoms with Crippen LogP contribution in [-0.4, -0.2) is 13.0 Å². The molecule has 0 atom stereocenters. The standard InChI is InChI=1S/C11H14FNO2/c1-6-7(2)11(13-8(3)14)9(12)5-10(6)15-4/h5H,1-4H3,(H,13,14). The lowest BCUT2D eigenvalue weighted by Crippen LogP contribution is -2.10. The molecule has 0 spiro atoms. The number of carbonyl (C=O) groups excluding carboxylic acids is 1. The van der Waals surface area contributed by atoms with Crippen molar-refractivity contribution in [2.24, 2.45) is 0 Å². The number of amides is 1. The summed E-state index contributed by atoms with van der Waals surface area (Å²) in [6, 6.07) is 1.27. The number of hydrogen-bond acceptors (Lipinski definition) is 2. The molecule has 0 bridgehead atoms. The van der Waals surface area contributed by atoms with Crippen LogP contribution < -0.4 is 10.1 Å². The lowest BCUT2D eigenvalue weighted by Gasteiger charge is -2.13. The van der Waals surface area contributed by atoms with E-state index in [0.29, 0.717) is 11.3 Å². The normalized spacial score (nSPS) is 9.93. The average Bonchev–Trinajstić information content (AvgIpc) is 2.18. The maximum absolute atomic E-state index is 13.5. The molecule has 1 aromatic rings. The largest absolute Gasteiger partial charge is 0.496 e. The van der Waals surface area contributed by atoms with E-state index < -0.39 is 5.82 Å². The van der Waals surface area contributed by atoms with E-state index in [0.717, 1.165) is 5.56 Å². The zero-order valence-electron chi connectivity index (χ0n) is 9.27. The van der Waals surface area contributed by atoms with E-state index in [4.69, 9.17) is 4.74 Å². The van der Waals surface area contributed by atoms with Gasteiger partial charge in [-0.25, -0.2) is 4.39 Å². The third kappa shape index (κ3) is 2.26. The lowest BCUT2D eigenvalue weighted by molar-refractivity contribution is -0.114. The monoisotopic (exact) mass is 211 g/mol. The summed E-state index contributed by atoms with van der Waals surface area (Å²) in [4.78, 5) is 10.9. The Bertz CT molecular complexity index is 402. The van der Waals surface area contributed by atoms with Crippen LogP contribution in [0.25, 0.3) is 0 Å². The van der Waals surface area contributed by atoms with Gasteiger partial charge in [0.15, 0.2) is 5.82 Å². The molecule has 1 N–H and O–H groups in total. The summed E-state index contributed by atoms with van der Waals surface area (Å²) >= 11 is 0. The number of hydrogen-bond donors (Lipinski definition) is 1. The highest BCUT2D eigenvalue weighted by molar-refractivity contribution is 5.90. The highest BCUT2D eigenvalue weighted by atomic mass is 19.1. The fourth-order valence-electron chi connectivity index (χ4n) is 1.39. The molecule has 0 aliphatic carbocycles. The number of nitrogens with one attached hydrogen (secondary N) is 1. The van der Waals surface area contributed by atoms with Gasteiger partial charge < -0.3 is 10.1 Å². The molecule has 0 aliphatic heterocycles. The van der Waals surface area contributed by atoms with Crippen molar-refractivity contribution in [1.29, 1.82) is 0 Å². The van der Waals surface area contributed by atoms with Crippen molar-refractivity contribution >= 4 is 11.6 Å². The first-order chi connectivity index (χ1) is 6.97. The van der Waals surface area contributed by atoms with Crippen LogP contribution >= 0.6 is 0 Å². The number of benzene rings is 1. The predicted octanol–water partition coefficient (Wildman–Crippen LogP) is 2.41. The highest BCUT2D eigenvalue weighted by Crippen LogP contribution is 2.30. The van der Waals surface area contributed by atoms with Crippen LogP contribution in [0.3, 0.4) is 0 Å². The van der Waals surface area contributed by atoms with Gasteiger partial charge in [0.2, 0.25) is 5.91 Å². The second-order valence-corrected chi connectivity index (χ2v) is 3.37. The predicted molar refractivity (Wildman–Crippen MR) is 56.7 cm³/mol. The highest BCUT2D eigenvalue weighted by Gasteiger charge is 2.13. The first kappa shape index (κ1) is 11.5. The number of anilines is 1. The van der Waals surface area contributed by atoms with Gasteiger partial charge in [-0.15, -0.1) is 0 Å². The van der Waals surface area contributed by atoms with Crippen molar-refractivity contribution in [3.63, 3.8) is 0 Å². The van der Waals surface area contributed by atoms with Gasteiger partial charge in [0.1, 0.15) is 5.75 Å². The van der Waals surface area contributed by atoms with E-state index in [9.17, 15) is 9.18 Å². The summed E-state index contributed by atoms with van der Waals surface area (Å²) in [5.41, 5.74) is 1.73. The van der Waals surface area contributed by atoms with Crippen LogP contribution in [0.15, 0.2) is 6.07 Å². The van der Waals surface area contributed by atoms with E-state index in [-0.39, 0.29) is 11.6 Å². The SMILES string of the molecule is COc1cc(F)c(NC(C)=O)c(C)c1C. The van der Waals surface area contributed by atoms with Crippen molar-refractivity contribution in [1.82, 2.24) is 0 Å². The third-order valence-electron chi connectivity index (χ3n) is 2.32. The van der Waals surface area contributed by atoms with Crippen LogP contribution in [0.2, 0.25) is 0 Å². The summed E-state index contributed by atoms with van der Waals surface area (Å²) in [7, 11) is 1.49. The zero-order valence-corrected chi connectivity index (χ0v) is 9.27. The zero-order chi connectivity index (χ0) is 11.6. The molecular weight excluding hydrogens is 197 g/mol. The Morgan fingerprint density at radius 1 is 1.40 bits per heavy atom. The Hall–Kier alpha value is -1.58. The Balaban J connectivity index is 3.29. The topological polar surface area (TPSA) is 38.3 Å². The minimum Gasteiger partial charge on any atom is -0.496 e. The fraction of sp³-hybridized carbons (Fsp3) is 0.364. The summed E-state index contributed by atoms with van der Waals surface area (Å²) in [5.74, 6) is -0.286. The first-order valence-electron chi connectivity index (χ1n) is 4.58. The summed E-state index contributed by atoms with van der Waals surface area (Å²) in [6.07, 6.45) is 0. The molecule has 0 radical (unpaired) electrons. The minimum absolute atomic E-state index is 0.223. The van der Waals surface area contributed by atoms with Crippen LogP contribution in [0.1, 0.15) is 18.1 Å². The van der Waals surface area contributed by atoms with Crippen molar-refractivity contribution in [3.05, 3.63) is 23.0 Å². The van der Waals surface area contributed by atoms with E-state index in [1.165, 1.54) is 20.1 Å². The number of carbonyl (C=O) groups is 1. The number of halogens is 1. The Morgan fingerprint density at radius 3 is 2.47 bits per heavy atom. The molecule has 1 amide bonds. The molecule has 1 aromatic carbocycles. The van der Waals surface area contributed by atoms with Gasteiger partial charge in [-0.3, -0.25) is 4.79 Å². The van der Waals surface area contributed by atoms with Crippen LogP contribution in [0.4, 0.5) is 10.1 Å². The molecule has 82 valence electrons. The van der Waals surface area contributed by atoms with Crippen molar-refractivity contribution in [2.75, 3.05) is 12.4 Å². The summed E-state index contributed by atoms with van der Waals surface area (Å²) in [6.45, 7) is 4.91. The first-order valence-corrected chi connectivity index (χ1v) is 4.58. The number of rotatable bonds is 2. The Kier molecular flexibility index (Phi) is 3.29. The summed E-state index contributed by atoms with van der Waals surface area (Å²) in [5, 5.41) is 2.46. The number of ether oxygens (including phenoxy) is 1. The Morgan fingerprint density at radius 2 is 2.00 bits per heavy atom. The van der Waals surface area contributed by atoms with E-state index in [1.807, 2.05) is 6.92 Å². The molecule has 0 unspecified atom stereocenters. The molecule has 15 heavy (non-hydrogen) atoms. The second-order valence-electron chi connectivity index (χ2n) is 3.37. The molecule has 4 heteroatoms. The van der Waals surface area contributed by atoms with Crippen LogP contribution in [0, 0.1) is 19.7 Å².